The Morgan fingerprint density at radius 2 is 1.67 bits per heavy atom. The molecular formula is C14H27ClO2Si. The Morgan fingerprint density at radius 1 is 1.00 bits per heavy atom. The van der Waals surface area contributed by atoms with Crippen molar-refractivity contribution in [3.63, 3.8) is 0 Å². The van der Waals surface area contributed by atoms with E-state index in [2.05, 4.69) is 0 Å². The molecule has 0 aromatic rings. The van der Waals surface area contributed by atoms with Crippen molar-refractivity contribution >= 4 is 20.9 Å². The van der Waals surface area contributed by atoms with Crippen LogP contribution in [-0.2, 0) is 8.85 Å². The summed E-state index contributed by atoms with van der Waals surface area (Å²) >= 11 is 6.42. The largest absolute Gasteiger partial charge is 0.400 e. The van der Waals surface area contributed by atoms with Crippen molar-refractivity contribution in [1.29, 1.82) is 0 Å². The first-order valence-electron chi connectivity index (χ1n) is 7.42. The minimum atomic E-state index is -1.57. The van der Waals surface area contributed by atoms with Crippen LogP contribution in [0.15, 0.2) is 0 Å². The molecule has 2 rings (SSSR count). The van der Waals surface area contributed by atoms with Gasteiger partial charge in [0.1, 0.15) is 0 Å². The van der Waals surface area contributed by atoms with Gasteiger partial charge in [-0.05, 0) is 38.0 Å². The zero-order valence-electron chi connectivity index (χ0n) is 11.8. The van der Waals surface area contributed by atoms with Crippen LogP contribution < -0.4 is 0 Å². The highest BCUT2D eigenvalue weighted by Gasteiger charge is 2.49. The summed E-state index contributed by atoms with van der Waals surface area (Å²) < 4.78 is 11.6. The molecule has 0 aromatic carbocycles. The van der Waals surface area contributed by atoms with Crippen molar-refractivity contribution in [3.8, 4) is 0 Å². The average molecular weight is 291 g/mol. The van der Waals surface area contributed by atoms with Crippen molar-refractivity contribution in [2.45, 2.75) is 68.2 Å². The van der Waals surface area contributed by atoms with E-state index in [9.17, 15) is 0 Å². The highest BCUT2D eigenvalue weighted by atomic mass is 35.5. The van der Waals surface area contributed by atoms with Crippen LogP contribution in [-0.4, -0.2) is 28.9 Å². The SMILES string of the molecule is CO[SiH](OC)C1(C2CCCC(Cl)C2)CCCCC1. The molecule has 2 aliphatic rings. The van der Waals surface area contributed by atoms with E-state index in [-0.39, 0.29) is 0 Å². The molecule has 0 saturated heterocycles. The zero-order valence-corrected chi connectivity index (χ0v) is 13.7. The number of alkyl halides is 1. The fraction of sp³-hybridized carbons (Fsp3) is 1.00. The van der Waals surface area contributed by atoms with Crippen LogP contribution in [0.3, 0.4) is 0 Å². The number of rotatable bonds is 4. The summed E-state index contributed by atoms with van der Waals surface area (Å²) in [6.07, 6.45) is 11.7. The van der Waals surface area contributed by atoms with Gasteiger partial charge in [0, 0.05) is 24.6 Å². The third-order valence-electron chi connectivity index (χ3n) is 5.11. The third kappa shape index (κ3) is 2.95. The van der Waals surface area contributed by atoms with Gasteiger partial charge in [-0.1, -0.05) is 25.7 Å². The summed E-state index contributed by atoms with van der Waals surface area (Å²) in [6.45, 7) is 0. The maximum absolute atomic E-state index is 6.42. The molecule has 2 unspecified atom stereocenters. The van der Waals surface area contributed by atoms with Crippen molar-refractivity contribution < 1.29 is 8.85 Å². The fourth-order valence-corrected chi connectivity index (χ4v) is 7.33. The minimum absolute atomic E-state index is 0.356. The Labute approximate surface area is 118 Å². The van der Waals surface area contributed by atoms with Crippen molar-refractivity contribution in [1.82, 2.24) is 0 Å². The molecule has 0 heterocycles. The highest BCUT2D eigenvalue weighted by Crippen LogP contribution is 2.56. The number of hydrogen-bond donors (Lipinski definition) is 0. The average Bonchev–Trinajstić information content (AvgIpc) is 2.41. The first-order chi connectivity index (χ1) is 8.73. The van der Waals surface area contributed by atoms with Crippen LogP contribution in [0.5, 0.6) is 0 Å². The van der Waals surface area contributed by atoms with E-state index < -0.39 is 9.28 Å². The van der Waals surface area contributed by atoms with Crippen molar-refractivity contribution in [2.24, 2.45) is 5.92 Å². The molecule has 0 N–H and O–H groups in total. The summed E-state index contributed by atoms with van der Waals surface area (Å²) in [5, 5.41) is 0.737. The molecule has 0 amide bonds. The van der Waals surface area contributed by atoms with E-state index in [4.69, 9.17) is 20.5 Å². The van der Waals surface area contributed by atoms with Crippen molar-refractivity contribution in [2.75, 3.05) is 14.2 Å². The molecule has 18 heavy (non-hydrogen) atoms. The molecule has 0 aliphatic heterocycles. The van der Waals surface area contributed by atoms with Crippen molar-refractivity contribution in [3.05, 3.63) is 0 Å². The highest BCUT2D eigenvalue weighted by molar-refractivity contribution is 6.48. The lowest BCUT2D eigenvalue weighted by atomic mass is 9.72. The van der Waals surface area contributed by atoms with E-state index in [0.717, 1.165) is 5.92 Å². The first-order valence-corrected chi connectivity index (χ1v) is 9.38. The maximum Gasteiger partial charge on any atom is 0.327 e. The lowest BCUT2D eigenvalue weighted by Crippen LogP contribution is -2.45. The van der Waals surface area contributed by atoms with Gasteiger partial charge in [-0.15, -0.1) is 11.6 Å². The molecule has 2 saturated carbocycles. The summed E-state index contributed by atoms with van der Waals surface area (Å²) in [4.78, 5) is 0. The topological polar surface area (TPSA) is 18.5 Å². The van der Waals surface area contributed by atoms with Crippen LogP contribution in [0.2, 0.25) is 5.04 Å². The fourth-order valence-electron chi connectivity index (χ4n) is 4.26. The minimum Gasteiger partial charge on any atom is -0.400 e. The monoisotopic (exact) mass is 290 g/mol. The van der Waals surface area contributed by atoms with Gasteiger partial charge in [-0.25, -0.2) is 0 Å². The second-order valence-electron chi connectivity index (χ2n) is 6.06. The Kier molecular flexibility index (Phi) is 5.55. The lowest BCUT2D eigenvalue weighted by molar-refractivity contribution is 0.142. The first kappa shape index (κ1) is 14.8. The van der Waals surface area contributed by atoms with Gasteiger partial charge in [0.25, 0.3) is 0 Å². The molecular weight excluding hydrogens is 264 g/mol. The standard InChI is InChI=1S/C14H27ClO2Si/c1-16-18(17-2)14(9-4-3-5-10-14)12-7-6-8-13(15)11-12/h12-13,18H,3-11H2,1-2H3. The quantitative estimate of drug-likeness (QED) is 0.575. The van der Waals surface area contributed by atoms with Gasteiger partial charge in [-0.2, -0.15) is 0 Å². The van der Waals surface area contributed by atoms with E-state index in [1.165, 1.54) is 57.8 Å². The molecule has 106 valence electrons. The predicted octanol–water partition coefficient (Wildman–Crippen LogP) is 4.00. The van der Waals surface area contributed by atoms with E-state index in [0.29, 0.717) is 10.4 Å². The molecule has 2 fully saturated rings. The molecule has 0 bridgehead atoms. The van der Waals surface area contributed by atoms with Gasteiger partial charge < -0.3 is 8.85 Å². The summed E-state index contributed by atoms with van der Waals surface area (Å²) in [7, 11) is 2.12. The zero-order chi connectivity index (χ0) is 13.0. The van der Waals surface area contributed by atoms with Crippen LogP contribution in [0.1, 0.15) is 57.8 Å². The van der Waals surface area contributed by atoms with Crippen LogP contribution >= 0.6 is 11.6 Å². The maximum atomic E-state index is 6.42. The summed E-state index contributed by atoms with van der Waals surface area (Å²) in [5.41, 5.74) is 0. The lowest BCUT2D eigenvalue weighted by Gasteiger charge is -2.48. The normalized spacial score (nSPS) is 32.7. The molecule has 2 aliphatic carbocycles. The van der Waals surface area contributed by atoms with E-state index >= 15 is 0 Å². The molecule has 0 radical (unpaired) electrons. The number of halogens is 1. The van der Waals surface area contributed by atoms with Crippen LogP contribution in [0, 0.1) is 5.92 Å². The summed E-state index contributed by atoms with van der Waals surface area (Å²) in [5.74, 6) is 0.741. The van der Waals surface area contributed by atoms with Gasteiger partial charge in [0.05, 0.1) is 0 Å². The van der Waals surface area contributed by atoms with Gasteiger partial charge in [-0.3, -0.25) is 0 Å². The Morgan fingerprint density at radius 3 is 2.22 bits per heavy atom. The Hall–Kier alpha value is 0.427. The Bertz CT molecular complexity index is 252. The molecule has 4 heteroatoms. The second-order valence-corrected chi connectivity index (χ2v) is 9.43. The third-order valence-corrected chi connectivity index (χ3v) is 8.35. The van der Waals surface area contributed by atoms with Gasteiger partial charge in [0.15, 0.2) is 0 Å². The van der Waals surface area contributed by atoms with E-state index in [1.54, 1.807) is 0 Å². The molecule has 2 atom stereocenters. The molecule has 2 nitrogen and oxygen atoms in total. The second kappa shape index (κ2) is 6.73. The Balaban J connectivity index is 2.17. The van der Waals surface area contributed by atoms with Crippen LogP contribution in [0.25, 0.3) is 0 Å². The number of hydrogen-bond acceptors (Lipinski definition) is 2. The molecule has 0 aromatic heterocycles. The predicted molar refractivity (Wildman–Crippen MR) is 78.5 cm³/mol. The van der Waals surface area contributed by atoms with Crippen LogP contribution in [0.4, 0.5) is 0 Å². The van der Waals surface area contributed by atoms with E-state index in [1.807, 2.05) is 14.2 Å². The smallest absolute Gasteiger partial charge is 0.327 e. The summed E-state index contributed by atoms with van der Waals surface area (Å²) in [6, 6.07) is 0. The molecule has 0 spiro atoms. The van der Waals surface area contributed by atoms with Gasteiger partial charge >= 0.3 is 9.28 Å². The van der Waals surface area contributed by atoms with Gasteiger partial charge in [0.2, 0.25) is 0 Å².